The van der Waals surface area contributed by atoms with E-state index in [4.69, 9.17) is 18.6 Å². The maximum Gasteiger partial charge on any atom is 0.412 e. The zero-order valence-electron chi connectivity index (χ0n) is 22.4. The molecular formula is C27H32N6O5. The number of carbonyl (C=O) groups is 1. The van der Waals surface area contributed by atoms with E-state index in [9.17, 15) is 4.79 Å². The quantitative estimate of drug-likeness (QED) is 0.301. The lowest BCUT2D eigenvalue weighted by Crippen LogP contribution is -2.19. The number of hydrogen-bond donors (Lipinski definition) is 1. The van der Waals surface area contributed by atoms with Gasteiger partial charge in [-0.2, -0.15) is 5.10 Å². The average molecular weight is 521 g/mol. The molecule has 0 aliphatic rings. The maximum absolute atomic E-state index is 12.5. The van der Waals surface area contributed by atoms with E-state index in [1.54, 1.807) is 23.9 Å². The minimum atomic E-state index is -0.670. The normalized spacial score (nSPS) is 11.0. The monoisotopic (exact) mass is 520 g/mol. The van der Waals surface area contributed by atoms with Crippen LogP contribution in [0.3, 0.4) is 0 Å². The summed E-state index contributed by atoms with van der Waals surface area (Å²) < 4.78 is 23.9. The summed E-state index contributed by atoms with van der Waals surface area (Å²) in [5, 5.41) is 7.15. The van der Waals surface area contributed by atoms with E-state index in [1.807, 2.05) is 70.1 Å². The lowest BCUT2D eigenvalue weighted by Gasteiger charge is -2.15. The molecule has 1 amide bonds. The van der Waals surface area contributed by atoms with E-state index in [1.165, 1.54) is 0 Å². The first-order chi connectivity index (χ1) is 18.2. The molecule has 3 heterocycles. The van der Waals surface area contributed by atoms with Gasteiger partial charge in [-0.25, -0.2) is 19.4 Å². The molecule has 0 unspecified atom stereocenters. The van der Waals surface area contributed by atoms with Gasteiger partial charge in [-0.15, -0.1) is 0 Å². The molecule has 11 nitrogen and oxygen atoms in total. The number of aryl methyl sites for hydroxylation is 3. The number of amides is 1. The van der Waals surface area contributed by atoms with Crippen molar-refractivity contribution < 1.29 is 23.4 Å². The van der Waals surface area contributed by atoms with Crippen LogP contribution < -0.4 is 14.8 Å². The Morgan fingerprint density at radius 1 is 1.05 bits per heavy atom. The Balaban J connectivity index is 1.41. The molecule has 38 heavy (non-hydrogen) atoms. The van der Waals surface area contributed by atoms with Crippen LogP contribution in [-0.4, -0.2) is 65.2 Å². The molecule has 11 heteroatoms. The molecule has 0 fully saturated rings. The maximum atomic E-state index is 12.5. The van der Waals surface area contributed by atoms with Crippen molar-refractivity contribution in [2.45, 2.75) is 27.3 Å². The lowest BCUT2D eigenvalue weighted by molar-refractivity contribution is 0.137. The van der Waals surface area contributed by atoms with Gasteiger partial charge in [-0.3, -0.25) is 5.32 Å². The highest BCUT2D eigenvalue weighted by atomic mass is 16.6. The second-order valence-corrected chi connectivity index (χ2v) is 9.01. The van der Waals surface area contributed by atoms with Crippen LogP contribution in [0, 0.1) is 20.8 Å². The summed E-state index contributed by atoms with van der Waals surface area (Å²) in [6.07, 6.45) is -0.670. The summed E-state index contributed by atoms with van der Waals surface area (Å²) in [4.78, 5) is 23.6. The van der Waals surface area contributed by atoms with Gasteiger partial charge in [0.1, 0.15) is 36.3 Å². The van der Waals surface area contributed by atoms with E-state index in [0.717, 1.165) is 28.5 Å². The molecule has 0 atom stereocenters. The Hall–Kier alpha value is -4.38. The average Bonchev–Trinajstić information content (AvgIpc) is 3.45. The molecule has 0 radical (unpaired) electrons. The van der Waals surface area contributed by atoms with Crippen LogP contribution in [0.5, 0.6) is 11.5 Å². The summed E-state index contributed by atoms with van der Waals surface area (Å²) >= 11 is 0. The molecule has 0 aliphatic carbocycles. The van der Waals surface area contributed by atoms with Gasteiger partial charge >= 0.3 is 6.09 Å². The Morgan fingerprint density at radius 2 is 1.87 bits per heavy atom. The van der Waals surface area contributed by atoms with Crippen molar-refractivity contribution in [1.82, 2.24) is 24.6 Å². The van der Waals surface area contributed by atoms with E-state index >= 15 is 0 Å². The summed E-state index contributed by atoms with van der Waals surface area (Å²) in [5.74, 6) is 3.70. The van der Waals surface area contributed by atoms with E-state index in [2.05, 4.69) is 20.4 Å². The highest BCUT2D eigenvalue weighted by molar-refractivity contribution is 5.83. The first-order valence-electron chi connectivity index (χ1n) is 12.1. The molecule has 4 aromatic rings. The third-order valence-corrected chi connectivity index (χ3v) is 5.45. The number of aromatic nitrogens is 4. The molecular weight excluding hydrogens is 488 g/mol. The number of hydrogen-bond acceptors (Lipinski definition) is 9. The number of carbonyl (C=O) groups excluding carboxylic acids is 1. The molecule has 0 saturated carbocycles. The Bertz CT molecular complexity index is 1410. The van der Waals surface area contributed by atoms with Crippen LogP contribution in [0.15, 0.2) is 46.9 Å². The third-order valence-electron chi connectivity index (χ3n) is 5.45. The SMILES string of the molecule is COc1ccc(OCCOC(=O)Nc2cc(-n3nc(C)cc3C)nc(-c3ccc(C)o3)n2)cc1CN(C)C. The Morgan fingerprint density at radius 3 is 2.53 bits per heavy atom. The molecule has 0 aliphatic heterocycles. The summed E-state index contributed by atoms with van der Waals surface area (Å²) in [5.41, 5.74) is 2.73. The van der Waals surface area contributed by atoms with Gasteiger partial charge in [0.05, 0.1) is 12.8 Å². The fraction of sp³-hybridized carbons (Fsp3) is 0.333. The first kappa shape index (κ1) is 26.7. The highest BCUT2D eigenvalue weighted by Gasteiger charge is 2.15. The highest BCUT2D eigenvalue weighted by Crippen LogP contribution is 2.25. The second kappa shape index (κ2) is 11.8. The van der Waals surface area contributed by atoms with Gasteiger partial charge < -0.3 is 23.5 Å². The van der Waals surface area contributed by atoms with Crippen molar-refractivity contribution in [3.63, 3.8) is 0 Å². The van der Waals surface area contributed by atoms with Crippen LogP contribution in [0.2, 0.25) is 0 Å². The van der Waals surface area contributed by atoms with Crippen LogP contribution in [-0.2, 0) is 11.3 Å². The van der Waals surface area contributed by atoms with E-state index in [-0.39, 0.29) is 19.0 Å². The molecule has 1 aromatic carbocycles. The molecule has 4 rings (SSSR count). The fourth-order valence-electron chi connectivity index (χ4n) is 3.88. The minimum absolute atomic E-state index is 0.0422. The largest absolute Gasteiger partial charge is 0.496 e. The fourth-order valence-corrected chi connectivity index (χ4v) is 3.88. The molecule has 0 saturated heterocycles. The van der Waals surface area contributed by atoms with E-state index in [0.29, 0.717) is 29.7 Å². The van der Waals surface area contributed by atoms with Gasteiger partial charge in [-0.05, 0) is 71.3 Å². The number of rotatable bonds is 10. The van der Waals surface area contributed by atoms with Crippen molar-refractivity contribution in [2.75, 3.05) is 39.7 Å². The van der Waals surface area contributed by atoms with Crippen LogP contribution in [0.4, 0.5) is 10.6 Å². The number of benzene rings is 1. The minimum Gasteiger partial charge on any atom is -0.496 e. The van der Waals surface area contributed by atoms with Crippen LogP contribution in [0.25, 0.3) is 17.4 Å². The number of nitrogens with one attached hydrogen (secondary N) is 1. The first-order valence-corrected chi connectivity index (χ1v) is 12.1. The zero-order valence-corrected chi connectivity index (χ0v) is 22.4. The Labute approximate surface area is 221 Å². The molecule has 3 aromatic heterocycles. The van der Waals surface area contributed by atoms with Gasteiger partial charge in [0.15, 0.2) is 17.4 Å². The Kier molecular flexibility index (Phi) is 8.27. The summed E-state index contributed by atoms with van der Waals surface area (Å²) in [7, 11) is 5.60. The smallest absolute Gasteiger partial charge is 0.412 e. The number of anilines is 1. The summed E-state index contributed by atoms with van der Waals surface area (Å²) in [6.45, 7) is 6.58. The predicted octanol–water partition coefficient (Wildman–Crippen LogP) is 4.55. The topological polar surface area (TPSA) is 117 Å². The molecule has 1 N–H and O–H groups in total. The van der Waals surface area contributed by atoms with Crippen molar-refractivity contribution >= 4 is 11.9 Å². The predicted molar refractivity (Wildman–Crippen MR) is 142 cm³/mol. The lowest BCUT2D eigenvalue weighted by atomic mass is 10.2. The number of furan rings is 1. The molecule has 200 valence electrons. The standard InChI is InChI=1S/C27H32N6O5/c1-17-13-18(2)33(31-17)25-15-24(28-26(30-25)23-9-7-19(3)38-23)29-27(34)37-12-11-36-21-8-10-22(35-6)20(14-21)16-32(4)5/h7-10,13-15H,11-12,16H2,1-6H3,(H,28,29,30,34). The second-order valence-electron chi connectivity index (χ2n) is 9.01. The number of nitrogens with zero attached hydrogens (tertiary/aromatic N) is 5. The van der Waals surface area contributed by atoms with Gasteiger partial charge in [0.2, 0.25) is 0 Å². The number of ether oxygens (including phenoxy) is 3. The van der Waals surface area contributed by atoms with Gasteiger partial charge in [0, 0.05) is 23.9 Å². The van der Waals surface area contributed by atoms with Gasteiger partial charge in [-0.1, -0.05) is 0 Å². The van der Waals surface area contributed by atoms with Crippen LogP contribution in [0.1, 0.15) is 22.7 Å². The summed E-state index contributed by atoms with van der Waals surface area (Å²) in [6, 6.07) is 12.7. The van der Waals surface area contributed by atoms with Crippen molar-refractivity contribution in [1.29, 1.82) is 0 Å². The van der Waals surface area contributed by atoms with Crippen molar-refractivity contribution in [3.05, 3.63) is 65.2 Å². The van der Waals surface area contributed by atoms with E-state index < -0.39 is 6.09 Å². The van der Waals surface area contributed by atoms with Crippen molar-refractivity contribution in [2.24, 2.45) is 0 Å². The van der Waals surface area contributed by atoms with Crippen LogP contribution >= 0.6 is 0 Å². The third kappa shape index (κ3) is 6.68. The van der Waals surface area contributed by atoms with Gasteiger partial charge in [0.25, 0.3) is 0 Å². The van der Waals surface area contributed by atoms with Crippen molar-refractivity contribution in [3.8, 4) is 28.9 Å². The molecule has 0 spiro atoms. The molecule has 0 bridgehead atoms. The zero-order chi connectivity index (χ0) is 27.2. The number of methoxy groups -OCH3 is 1.